The molecule has 0 spiro atoms. The van der Waals surface area contributed by atoms with Crippen molar-refractivity contribution < 1.29 is 50.3 Å². The van der Waals surface area contributed by atoms with Gasteiger partial charge in [-0.3, -0.25) is 14.4 Å². The first kappa shape index (κ1) is 25.6. The number of anilines is 1. The van der Waals surface area contributed by atoms with Crippen LogP contribution in [0.25, 0.3) is 0 Å². The number of ketones is 2. The lowest BCUT2D eigenvalue weighted by atomic mass is 9.83. The summed E-state index contributed by atoms with van der Waals surface area (Å²) in [6, 6.07) is 10.3. The summed E-state index contributed by atoms with van der Waals surface area (Å²) < 4.78 is 82.7. The predicted octanol–water partition coefficient (Wildman–Crippen LogP) is 5.30. The van der Waals surface area contributed by atoms with Crippen molar-refractivity contribution >= 4 is 29.1 Å². The Morgan fingerprint density at radius 2 is 1.27 bits per heavy atom. The van der Waals surface area contributed by atoms with E-state index < -0.39 is 59.1 Å². The fraction of sp³-hybridized carbons (Fsp3) is 0.120. The summed E-state index contributed by atoms with van der Waals surface area (Å²) in [5.41, 5.74) is -4.42. The minimum atomic E-state index is -5.18. The average molecular weight is 521 g/mol. The Kier molecular flexibility index (Phi) is 6.36. The Balaban J connectivity index is 1.53. The molecule has 4 rings (SSSR count). The number of ether oxygens (including phenoxy) is 1. The molecule has 0 heterocycles. The maximum atomic E-state index is 13.0. The Hall–Kier alpha value is -4.48. The van der Waals surface area contributed by atoms with Gasteiger partial charge in [0.05, 0.1) is 27.9 Å². The molecule has 12 heteroatoms. The summed E-state index contributed by atoms with van der Waals surface area (Å²) in [7, 11) is 0. The number of hydrogen-bond acceptors (Lipinski definition) is 5. The van der Waals surface area contributed by atoms with Crippen LogP contribution < -0.4 is 5.32 Å². The van der Waals surface area contributed by atoms with Crippen LogP contribution in [-0.4, -0.2) is 30.0 Å². The van der Waals surface area contributed by atoms with Crippen LogP contribution in [0.1, 0.15) is 53.3 Å². The molecule has 3 aromatic rings. The van der Waals surface area contributed by atoms with Gasteiger partial charge in [0.25, 0.3) is 5.91 Å². The molecule has 1 N–H and O–H groups in total. The minimum Gasteiger partial charge on any atom is -0.452 e. The molecule has 190 valence electrons. The third kappa shape index (κ3) is 5.08. The maximum absolute atomic E-state index is 13.0. The Bertz CT molecular complexity index is 1430. The zero-order valence-corrected chi connectivity index (χ0v) is 18.3. The first-order chi connectivity index (χ1) is 17.3. The van der Waals surface area contributed by atoms with E-state index in [1.165, 1.54) is 30.3 Å². The van der Waals surface area contributed by atoms with Gasteiger partial charge in [0.2, 0.25) is 0 Å². The van der Waals surface area contributed by atoms with Crippen LogP contribution in [0.3, 0.4) is 0 Å². The lowest BCUT2D eigenvalue weighted by Gasteiger charge is -2.20. The van der Waals surface area contributed by atoms with Gasteiger partial charge in [-0.25, -0.2) is 4.79 Å². The third-order valence-corrected chi connectivity index (χ3v) is 5.38. The van der Waals surface area contributed by atoms with Gasteiger partial charge in [0.15, 0.2) is 18.2 Å². The van der Waals surface area contributed by atoms with E-state index in [-0.39, 0.29) is 46.1 Å². The first-order valence-electron chi connectivity index (χ1n) is 10.4. The molecule has 1 aliphatic rings. The van der Waals surface area contributed by atoms with Crippen molar-refractivity contribution in [2.45, 2.75) is 12.4 Å². The average Bonchev–Trinajstić information content (AvgIpc) is 2.84. The van der Waals surface area contributed by atoms with Gasteiger partial charge >= 0.3 is 18.3 Å². The van der Waals surface area contributed by atoms with Crippen molar-refractivity contribution in [2.24, 2.45) is 0 Å². The molecule has 0 fully saturated rings. The molecule has 0 aliphatic heterocycles. The van der Waals surface area contributed by atoms with Crippen molar-refractivity contribution in [3.8, 4) is 0 Å². The van der Waals surface area contributed by atoms with Crippen molar-refractivity contribution in [3.05, 3.63) is 99.6 Å². The lowest BCUT2D eigenvalue weighted by molar-refractivity contribution is -0.143. The smallest absolute Gasteiger partial charge is 0.416 e. The van der Waals surface area contributed by atoms with Crippen molar-refractivity contribution in [1.82, 2.24) is 0 Å². The van der Waals surface area contributed by atoms with E-state index in [4.69, 9.17) is 0 Å². The van der Waals surface area contributed by atoms with Crippen molar-refractivity contribution in [1.29, 1.82) is 0 Å². The van der Waals surface area contributed by atoms with Gasteiger partial charge in [-0.15, -0.1) is 0 Å². The van der Waals surface area contributed by atoms with Crippen LogP contribution >= 0.6 is 0 Å². The number of alkyl halides is 6. The second-order valence-corrected chi connectivity index (χ2v) is 7.85. The van der Waals surface area contributed by atoms with Crippen LogP contribution in [0, 0.1) is 0 Å². The fourth-order valence-corrected chi connectivity index (χ4v) is 3.72. The lowest BCUT2D eigenvalue weighted by Crippen LogP contribution is -2.26. The zero-order valence-electron chi connectivity index (χ0n) is 18.3. The number of rotatable bonds is 4. The molecule has 0 saturated carbocycles. The Labute approximate surface area is 203 Å². The first-order valence-corrected chi connectivity index (χ1v) is 10.4. The van der Waals surface area contributed by atoms with Crippen LogP contribution in [0.15, 0.2) is 60.7 Å². The number of fused-ring (bicyclic) bond motifs is 2. The molecule has 0 aromatic heterocycles. The highest BCUT2D eigenvalue weighted by atomic mass is 19.4. The van der Waals surface area contributed by atoms with Gasteiger partial charge in [-0.2, -0.15) is 26.3 Å². The van der Waals surface area contributed by atoms with E-state index >= 15 is 0 Å². The highest BCUT2D eigenvalue weighted by Gasteiger charge is 2.38. The molecule has 1 amide bonds. The van der Waals surface area contributed by atoms with E-state index in [0.29, 0.717) is 0 Å². The molecular formula is C25H13F6NO5. The Morgan fingerprint density at radius 3 is 1.84 bits per heavy atom. The van der Waals surface area contributed by atoms with Crippen molar-refractivity contribution in [3.63, 3.8) is 0 Å². The predicted molar refractivity (Wildman–Crippen MR) is 115 cm³/mol. The molecule has 0 bridgehead atoms. The molecule has 6 nitrogen and oxygen atoms in total. The van der Waals surface area contributed by atoms with E-state index in [1.54, 1.807) is 12.1 Å². The number of hydrogen-bond donors (Lipinski definition) is 1. The summed E-state index contributed by atoms with van der Waals surface area (Å²) in [4.78, 5) is 50.3. The molecule has 0 atom stereocenters. The Morgan fingerprint density at radius 1 is 0.730 bits per heavy atom. The normalized spacial score (nSPS) is 13.0. The van der Waals surface area contributed by atoms with Crippen LogP contribution in [0.4, 0.5) is 32.0 Å². The zero-order chi connectivity index (χ0) is 27.1. The summed E-state index contributed by atoms with van der Waals surface area (Å²) in [5.74, 6) is -3.68. The number of nitrogens with one attached hydrogen (secondary N) is 1. The van der Waals surface area contributed by atoms with Gasteiger partial charge in [0, 0.05) is 16.7 Å². The van der Waals surface area contributed by atoms with Gasteiger partial charge in [-0.05, 0) is 24.3 Å². The highest BCUT2D eigenvalue weighted by Crippen LogP contribution is 2.36. The van der Waals surface area contributed by atoms with Gasteiger partial charge < -0.3 is 10.1 Å². The molecule has 0 saturated heterocycles. The molecule has 0 unspecified atom stereocenters. The van der Waals surface area contributed by atoms with Crippen molar-refractivity contribution in [2.75, 3.05) is 11.9 Å². The molecular weight excluding hydrogens is 508 g/mol. The van der Waals surface area contributed by atoms with E-state index in [1.807, 2.05) is 0 Å². The summed E-state index contributed by atoms with van der Waals surface area (Å²) >= 11 is 0. The molecule has 0 radical (unpaired) electrons. The van der Waals surface area contributed by atoms with Crippen LogP contribution in [0.5, 0.6) is 0 Å². The number of carbonyl (C=O) groups excluding carboxylic acids is 4. The second kappa shape index (κ2) is 9.19. The van der Waals surface area contributed by atoms with E-state index in [2.05, 4.69) is 10.1 Å². The van der Waals surface area contributed by atoms with Crippen LogP contribution in [0.2, 0.25) is 0 Å². The van der Waals surface area contributed by atoms with Gasteiger partial charge in [-0.1, -0.05) is 36.4 Å². The number of halogens is 6. The number of esters is 1. The SMILES string of the molecule is O=C(COC(=O)c1cc(C(F)(F)F)cc(C(F)(F)F)c1)Nc1cccc2c1C(=O)c1ccccc1C2=O. The summed E-state index contributed by atoms with van der Waals surface area (Å²) in [6.45, 7) is -1.10. The second-order valence-electron chi connectivity index (χ2n) is 7.85. The number of benzene rings is 3. The van der Waals surface area contributed by atoms with E-state index in [0.717, 1.165) is 0 Å². The largest absolute Gasteiger partial charge is 0.452 e. The topological polar surface area (TPSA) is 89.5 Å². The van der Waals surface area contributed by atoms with Crippen LogP contribution in [-0.2, 0) is 21.9 Å². The molecule has 3 aromatic carbocycles. The third-order valence-electron chi connectivity index (χ3n) is 5.38. The standard InChI is InChI=1S/C25H13F6NO5/c26-24(27,28)13-8-12(9-14(10-13)25(29,30)31)23(36)37-11-19(33)32-18-7-3-6-17-20(18)22(35)16-5-2-1-4-15(16)21(17)34/h1-10H,11H2,(H,32,33). The monoisotopic (exact) mass is 521 g/mol. The molecule has 37 heavy (non-hydrogen) atoms. The van der Waals surface area contributed by atoms with Gasteiger partial charge in [0.1, 0.15) is 0 Å². The highest BCUT2D eigenvalue weighted by molar-refractivity contribution is 6.30. The molecule has 1 aliphatic carbocycles. The minimum absolute atomic E-state index is 0.0159. The fourth-order valence-electron chi connectivity index (χ4n) is 3.72. The summed E-state index contributed by atoms with van der Waals surface area (Å²) in [5, 5.41) is 2.28. The quantitative estimate of drug-likeness (QED) is 0.291. The number of amides is 1. The maximum Gasteiger partial charge on any atom is 0.416 e. The number of carbonyl (C=O) groups is 4. The summed E-state index contributed by atoms with van der Waals surface area (Å²) in [6.07, 6.45) is -10.4. The van der Waals surface area contributed by atoms with E-state index in [9.17, 15) is 45.5 Å².